The summed E-state index contributed by atoms with van der Waals surface area (Å²) in [6.07, 6.45) is 23.0. The van der Waals surface area contributed by atoms with Gasteiger partial charge in [0.1, 0.15) is 25.1 Å². The Morgan fingerprint density at radius 2 is 1.11 bits per heavy atom. The number of ether oxygens (including phenoxy) is 8. The second-order valence-electron chi connectivity index (χ2n) is 15.8. The normalized spacial score (nSPS) is 15.0. The highest BCUT2D eigenvalue weighted by Gasteiger charge is 2.36. The molecule has 1 aliphatic rings. The van der Waals surface area contributed by atoms with Crippen molar-refractivity contribution in [2.24, 2.45) is 5.41 Å². The monoisotopic (exact) mass is 816 g/mol. The topological polar surface area (TPSA) is 137 Å². The van der Waals surface area contributed by atoms with Crippen molar-refractivity contribution in [2.45, 2.75) is 174 Å². The Morgan fingerprint density at radius 1 is 0.579 bits per heavy atom. The molecule has 336 valence electrons. The number of carbonyl (C=O) groups excluding carboxylic acids is 3. The zero-order valence-electron chi connectivity index (χ0n) is 36.7. The van der Waals surface area contributed by atoms with Crippen LogP contribution in [0.25, 0.3) is 0 Å². The van der Waals surface area contributed by atoms with Crippen LogP contribution >= 0.6 is 0 Å². The summed E-state index contributed by atoms with van der Waals surface area (Å²) >= 11 is 0. The molecule has 0 aromatic rings. The summed E-state index contributed by atoms with van der Waals surface area (Å²) in [7, 11) is 0. The van der Waals surface area contributed by atoms with Gasteiger partial charge in [0.2, 0.25) is 0 Å². The van der Waals surface area contributed by atoms with Gasteiger partial charge in [-0.15, -0.1) is 0 Å². The van der Waals surface area contributed by atoms with E-state index in [0.29, 0.717) is 85.5 Å². The molecule has 0 aromatic carbocycles. The fraction of sp³-hybridized carbons (Fsp3) is 0.933. The van der Waals surface area contributed by atoms with Crippen molar-refractivity contribution >= 4 is 18.2 Å². The maximum absolute atomic E-state index is 12.5. The van der Waals surface area contributed by atoms with Crippen LogP contribution in [0, 0.1) is 5.41 Å². The lowest BCUT2D eigenvalue weighted by molar-refractivity contribution is -0.158. The summed E-state index contributed by atoms with van der Waals surface area (Å²) < 4.78 is 46.1. The van der Waals surface area contributed by atoms with Crippen molar-refractivity contribution in [2.75, 3.05) is 92.4 Å². The smallest absolute Gasteiger partial charge is 0.311 e. The van der Waals surface area contributed by atoms with E-state index in [1.807, 2.05) is 6.92 Å². The Bertz CT molecular complexity index is 918. The summed E-state index contributed by atoms with van der Waals surface area (Å²) in [4.78, 5) is 35.3. The second-order valence-corrected chi connectivity index (χ2v) is 15.8. The van der Waals surface area contributed by atoms with Crippen molar-refractivity contribution in [1.82, 2.24) is 5.32 Å². The van der Waals surface area contributed by atoms with Gasteiger partial charge in [-0.1, -0.05) is 84.5 Å². The Balaban J connectivity index is 2.16. The van der Waals surface area contributed by atoms with Crippen LogP contribution in [0.3, 0.4) is 0 Å². The number of piperidine rings is 1. The highest BCUT2D eigenvalue weighted by Crippen LogP contribution is 2.29. The minimum atomic E-state index is -0.393. The number of aldehydes is 1. The Labute approximate surface area is 347 Å². The van der Waals surface area contributed by atoms with Crippen LogP contribution in [-0.4, -0.2) is 123 Å². The molecule has 0 aromatic heterocycles. The SMILES string of the molecule is CCCCCCC(CCCC)OC(=O)CCCCCCCOC(COCCCCCCCC=O)COCCOCCOCCOCCOC(=O)C1(C)CCNCC1. The van der Waals surface area contributed by atoms with Crippen molar-refractivity contribution in [3.8, 4) is 0 Å². The lowest BCUT2D eigenvalue weighted by Crippen LogP contribution is -2.41. The van der Waals surface area contributed by atoms with Gasteiger partial charge in [-0.3, -0.25) is 9.59 Å². The molecule has 0 radical (unpaired) electrons. The van der Waals surface area contributed by atoms with Gasteiger partial charge in [0, 0.05) is 26.1 Å². The van der Waals surface area contributed by atoms with Gasteiger partial charge in [-0.2, -0.15) is 0 Å². The highest BCUT2D eigenvalue weighted by atomic mass is 16.6. The average Bonchev–Trinajstić information content (AvgIpc) is 3.21. The number of hydrogen-bond donors (Lipinski definition) is 1. The fourth-order valence-electron chi connectivity index (χ4n) is 6.64. The molecule has 0 bridgehead atoms. The number of rotatable bonds is 43. The van der Waals surface area contributed by atoms with Crippen LogP contribution in [-0.2, 0) is 52.3 Å². The summed E-state index contributed by atoms with van der Waals surface area (Å²) in [5.41, 5.74) is -0.393. The van der Waals surface area contributed by atoms with Crippen LogP contribution in [0.4, 0.5) is 0 Å². The van der Waals surface area contributed by atoms with E-state index in [4.69, 9.17) is 37.9 Å². The Morgan fingerprint density at radius 3 is 1.75 bits per heavy atom. The molecule has 0 aliphatic carbocycles. The van der Waals surface area contributed by atoms with Crippen LogP contribution in [0.1, 0.15) is 162 Å². The standard InChI is InChI=1S/C45H85NO11/c1-4-6-8-16-22-41(21-7-5-2)57-43(48)23-17-12-11-15-20-30-55-42(39-53-29-19-14-10-9-13-18-28-47)40-54-36-35-51-32-31-50-33-34-52-37-38-56-44(49)45(3)24-26-46-27-25-45/h28,41-42,46H,4-27,29-40H2,1-3H3. The molecule has 2 atom stereocenters. The zero-order chi connectivity index (χ0) is 41.3. The van der Waals surface area contributed by atoms with Gasteiger partial charge < -0.3 is 48.0 Å². The van der Waals surface area contributed by atoms with Crippen molar-refractivity contribution < 1.29 is 52.3 Å². The van der Waals surface area contributed by atoms with Gasteiger partial charge in [0.05, 0.1) is 64.9 Å². The van der Waals surface area contributed by atoms with E-state index in [0.717, 1.165) is 129 Å². The number of esters is 2. The molecule has 1 N–H and O–H groups in total. The van der Waals surface area contributed by atoms with Crippen LogP contribution in [0.5, 0.6) is 0 Å². The summed E-state index contributed by atoms with van der Waals surface area (Å²) in [6.45, 7) is 13.7. The number of hydrogen-bond acceptors (Lipinski definition) is 12. The maximum Gasteiger partial charge on any atom is 0.311 e. The average molecular weight is 816 g/mol. The Kier molecular flexibility index (Phi) is 37.2. The third-order valence-electron chi connectivity index (χ3n) is 10.4. The van der Waals surface area contributed by atoms with E-state index in [9.17, 15) is 14.4 Å². The van der Waals surface area contributed by atoms with Gasteiger partial charge in [0.15, 0.2) is 0 Å². The van der Waals surface area contributed by atoms with Crippen molar-refractivity contribution in [3.63, 3.8) is 0 Å². The third kappa shape index (κ3) is 32.8. The van der Waals surface area contributed by atoms with E-state index in [-0.39, 0.29) is 30.8 Å². The van der Waals surface area contributed by atoms with E-state index in [2.05, 4.69) is 19.2 Å². The predicted molar refractivity (Wildman–Crippen MR) is 225 cm³/mol. The first-order valence-electron chi connectivity index (χ1n) is 23.0. The van der Waals surface area contributed by atoms with Crippen LogP contribution in [0.2, 0.25) is 0 Å². The summed E-state index contributed by atoms with van der Waals surface area (Å²) in [5, 5.41) is 3.27. The van der Waals surface area contributed by atoms with E-state index < -0.39 is 5.41 Å². The minimum Gasteiger partial charge on any atom is -0.463 e. The highest BCUT2D eigenvalue weighted by molar-refractivity contribution is 5.76. The maximum atomic E-state index is 12.5. The van der Waals surface area contributed by atoms with Crippen molar-refractivity contribution in [1.29, 1.82) is 0 Å². The molecule has 1 saturated heterocycles. The summed E-state index contributed by atoms with van der Waals surface area (Å²) in [6, 6.07) is 0. The largest absolute Gasteiger partial charge is 0.463 e. The molecule has 0 amide bonds. The number of unbranched alkanes of at least 4 members (excludes halogenated alkanes) is 13. The molecule has 2 unspecified atom stereocenters. The van der Waals surface area contributed by atoms with Gasteiger partial charge >= 0.3 is 11.9 Å². The number of nitrogens with one attached hydrogen (secondary N) is 1. The first-order chi connectivity index (χ1) is 27.9. The molecule has 0 saturated carbocycles. The molecular weight excluding hydrogens is 730 g/mol. The van der Waals surface area contributed by atoms with Gasteiger partial charge in [-0.25, -0.2) is 0 Å². The molecular formula is C45H85NO11. The lowest BCUT2D eigenvalue weighted by atomic mass is 9.81. The quantitative estimate of drug-likeness (QED) is 0.0360. The predicted octanol–water partition coefficient (Wildman–Crippen LogP) is 8.34. The minimum absolute atomic E-state index is 0.0361. The van der Waals surface area contributed by atoms with Crippen LogP contribution < -0.4 is 5.32 Å². The van der Waals surface area contributed by atoms with E-state index in [1.165, 1.54) is 19.3 Å². The first kappa shape index (κ1) is 53.3. The molecule has 1 heterocycles. The molecule has 1 fully saturated rings. The molecule has 1 rings (SSSR count). The lowest BCUT2D eigenvalue weighted by Gasteiger charge is -2.31. The molecule has 12 nitrogen and oxygen atoms in total. The fourth-order valence-corrected chi connectivity index (χ4v) is 6.64. The molecule has 57 heavy (non-hydrogen) atoms. The molecule has 0 spiro atoms. The summed E-state index contributed by atoms with van der Waals surface area (Å²) in [5.74, 6) is -0.174. The van der Waals surface area contributed by atoms with Crippen LogP contribution in [0.15, 0.2) is 0 Å². The number of carbonyl (C=O) groups is 3. The molecule has 12 heteroatoms. The second kappa shape index (κ2) is 39.8. The van der Waals surface area contributed by atoms with E-state index in [1.54, 1.807) is 0 Å². The van der Waals surface area contributed by atoms with Crippen molar-refractivity contribution in [3.05, 3.63) is 0 Å². The van der Waals surface area contributed by atoms with E-state index >= 15 is 0 Å². The zero-order valence-corrected chi connectivity index (χ0v) is 36.7. The Hall–Kier alpha value is -1.67. The van der Waals surface area contributed by atoms with Gasteiger partial charge in [-0.05, 0) is 77.8 Å². The van der Waals surface area contributed by atoms with Gasteiger partial charge in [0.25, 0.3) is 0 Å². The molecule has 1 aliphatic heterocycles. The third-order valence-corrected chi connectivity index (χ3v) is 10.4. The first-order valence-corrected chi connectivity index (χ1v) is 23.0.